The smallest absolute Gasteiger partial charge is 0.373 e. The summed E-state index contributed by atoms with van der Waals surface area (Å²) in [6, 6.07) is 1.40. The molecule has 0 spiro atoms. The number of halogens is 12. The number of aliphatic hydroxyl groups is 2. The highest BCUT2D eigenvalue weighted by atomic mass is 19.4. The number of rotatable bonds is 6. The molecule has 4 nitrogen and oxygen atoms in total. The van der Waals surface area contributed by atoms with Gasteiger partial charge < -0.3 is 10.2 Å². The van der Waals surface area contributed by atoms with E-state index in [0.717, 1.165) is 0 Å². The number of Topliss-reactive ketones (excluding diaryl/α,β-unsaturated/α-hetero) is 2. The van der Waals surface area contributed by atoms with Gasteiger partial charge in [0.05, 0.1) is 12.8 Å². The Kier molecular flexibility index (Phi) is 7.10. The standard InChI is InChI=1S/C16H10F12O4/c17-13(18,19)11(31,14(20,21)22)5-9(29)7-1-2-8(4-3-7)10(30)6-12(32,15(23,24)25)16(26,27)28/h1-4,31-32H,5-6H2. The highest BCUT2D eigenvalue weighted by Crippen LogP contribution is 2.47. The van der Waals surface area contributed by atoms with Crippen molar-refractivity contribution < 1.29 is 72.5 Å². The van der Waals surface area contributed by atoms with Crippen LogP contribution in [-0.4, -0.2) is 57.7 Å². The Morgan fingerprint density at radius 1 is 0.531 bits per heavy atom. The molecule has 0 radical (unpaired) electrons. The van der Waals surface area contributed by atoms with Gasteiger partial charge in [0.25, 0.3) is 11.2 Å². The first-order valence-corrected chi connectivity index (χ1v) is 7.86. The third-order valence-electron chi connectivity index (χ3n) is 4.24. The van der Waals surface area contributed by atoms with Crippen LogP contribution in [-0.2, 0) is 0 Å². The monoisotopic (exact) mass is 494 g/mol. The normalized spacial score (nSPS) is 14.4. The van der Waals surface area contributed by atoms with Gasteiger partial charge in [-0.15, -0.1) is 0 Å². The van der Waals surface area contributed by atoms with Crippen molar-refractivity contribution in [3.05, 3.63) is 35.4 Å². The average molecular weight is 494 g/mol. The fraction of sp³-hybridized carbons (Fsp3) is 0.500. The van der Waals surface area contributed by atoms with Crippen molar-refractivity contribution in [2.75, 3.05) is 0 Å². The summed E-state index contributed by atoms with van der Waals surface area (Å²) in [5.74, 6) is -3.91. The Balaban J connectivity index is 3.16. The van der Waals surface area contributed by atoms with Crippen molar-refractivity contribution in [3.63, 3.8) is 0 Å². The average Bonchev–Trinajstić information content (AvgIpc) is 2.57. The van der Waals surface area contributed by atoms with E-state index in [-0.39, 0.29) is 0 Å². The SMILES string of the molecule is O=C(CC(O)(C(F)(F)F)C(F)(F)F)c1ccc(C(=O)CC(O)(C(F)(F)F)C(F)(F)F)cc1. The number of hydrogen-bond donors (Lipinski definition) is 2. The van der Waals surface area contributed by atoms with E-state index in [9.17, 15) is 62.3 Å². The van der Waals surface area contributed by atoms with Crippen LogP contribution in [0.5, 0.6) is 0 Å². The van der Waals surface area contributed by atoms with Gasteiger partial charge in [-0.1, -0.05) is 24.3 Å². The largest absolute Gasteiger partial charge is 0.426 e. The van der Waals surface area contributed by atoms with E-state index in [2.05, 4.69) is 0 Å². The van der Waals surface area contributed by atoms with Gasteiger partial charge in [-0.2, -0.15) is 52.7 Å². The van der Waals surface area contributed by atoms with Gasteiger partial charge in [0, 0.05) is 11.1 Å². The van der Waals surface area contributed by atoms with E-state index in [0.29, 0.717) is 24.3 Å². The maximum Gasteiger partial charge on any atom is 0.426 e. The van der Waals surface area contributed by atoms with Crippen molar-refractivity contribution in [1.29, 1.82) is 0 Å². The molecule has 0 aliphatic carbocycles. The minimum Gasteiger partial charge on any atom is -0.373 e. The molecule has 0 unspecified atom stereocenters. The number of carbonyl (C=O) groups excluding carboxylic acids is 2. The molecule has 0 amide bonds. The fourth-order valence-electron chi connectivity index (χ4n) is 2.23. The van der Waals surface area contributed by atoms with Crippen molar-refractivity contribution in [2.24, 2.45) is 0 Å². The van der Waals surface area contributed by atoms with Crippen LogP contribution in [0.15, 0.2) is 24.3 Å². The highest BCUT2D eigenvalue weighted by molar-refractivity contribution is 6.00. The van der Waals surface area contributed by atoms with Crippen LogP contribution in [0.3, 0.4) is 0 Å². The van der Waals surface area contributed by atoms with Gasteiger partial charge in [-0.25, -0.2) is 0 Å². The Morgan fingerprint density at radius 2 is 0.719 bits per heavy atom. The van der Waals surface area contributed by atoms with E-state index < -0.39 is 71.4 Å². The van der Waals surface area contributed by atoms with Gasteiger partial charge >= 0.3 is 24.7 Å². The molecule has 1 rings (SSSR count). The lowest BCUT2D eigenvalue weighted by Crippen LogP contribution is -2.58. The highest BCUT2D eigenvalue weighted by Gasteiger charge is 2.71. The number of ketones is 2. The second-order valence-corrected chi connectivity index (χ2v) is 6.49. The molecule has 0 heterocycles. The molecule has 0 atom stereocenters. The maximum absolute atomic E-state index is 12.6. The third kappa shape index (κ3) is 5.16. The lowest BCUT2D eigenvalue weighted by atomic mass is 9.90. The molecule has 0 bridgehead atoms. The van der Waals surface area contributed by atoms with E-state index in [4.69, 9.17) is 10.2 Å². The van der Waals surface area contributed by atoms with Crippen LogP contribution in [0.4, 0.5) is 52.7 Å². The van der Waals surface area contributed by atoms with E-state index >= 15 is 0 Å². The second-order valence-electron chi connectivity index (χ2n) is 6.49. The van der Waals surface area contributed by atoms with E-state index in [1.165, 1.54) is 0 Å². The first-order valence-electron chi connectivity index (χ1n) is 7.86. The topological polar surface area (TPSA) is 74.6 Å². The van der Waals surface area contributed by atoms with Crippen LogP contribution in [0.2, 0.25) is 0 Å². The summed E-state index contributed by atoms with van der Waals surface area (Å²) in [5, 5.41) is 17.9. The van der Waals surface area contributed by atoms with Crippen molar-refractivity contribution >= 4 is 11.6 Å². The van der Waals surface area contributed by atoms with Gasteiger partial charge in [0.15, 0.2) is 11.6 Å². The van der Waals surface area contributed by atoms with E-state index in [1.54, 1.807) is 0 Å². The number of alkyl halides is 12. The summed E-state index contributed by atoms with van der Waals surface area (Å²) in [6.45, 7) is 0. The van der Waals surface area contributed by atoms with Crippen molar-refractivity contribution in [1.82, 2.24) is 0 Å². The van der Waals surface area contributed by atoms with Crippen molar-refractivity contribution in [3.8, 4) is 0 Å². The quantitative estimate of drug-likeness (QED) is 0.450. The summed E-state index contributed by atoms with van der Waals surface area (Å²) in [6.07, 6.45) is -30.4. The number of carbonyl (C=O) groups is 2. The Bertz CT molecular complexity index is 747. The summed E-state index contributed by atoms with van der Waals surface area (Å²) < 4.78 is 151. The van der Waals surface area contributed by atoms with Gasteiger partial charge in [0.2, 0.25) is 0 Å². The predicted octanol–water partition coefficient (Wildman–Crippen LogP) is 4.54. The lowest BCUT2D eigenvalue weighted by molar-refractivity contribution is -0.366. The molecule has 1 aromatic rings. The number of hydrogen-bond acceptors (Lipinski definition) is 4. The zero-order valence-electron chi connectivity index (χ0n) is 15.0. The van der Waals surface area contributed by atoms with E-state index in [1.807, 2.05) is 0 Å². The lowest BCUT2D eigenvalue weighted by Gasteiger charge is -2.32. The summed E-state index contributed by atoms with van der Waals surface area (Å²) in [7, 11) is 0. The Labute approximate surface area is 169 Å². The van der Waals surface area contributed by atoms with Crippen LogP contribution in [0.25, 0.3) is 0 Å². The molecule has 0 fully saturated rings. The predicted molar refractivity (Wildman–Crippen MR) is 78.5 cm³/mol. The zero-order valence-corrected chi connectivity index (χ0v) is 15.0. The molecule has 0 aliphatic heterocycles. The first-order chi connectivity index (χ1) is 14.0. The molecule has 32 heavy (non-hydrogen) atoms. The second kappa shape index (κ2) is 8.20. The minimum atomic E-state index is -6.32. The maximum atomic E-state index is 12.6. The third-order valence-corrected chi connectivity index (χ3v) is 4.24. The summed E-state index contributed by atoms with van der Waals surface area (Å²) in [4.78, 5) is 23.5. The first kappa shape index (κ1) is 27.7. The van der Waals surface area contributed by atoms with Crippen LogP contribution < -0.4 is 0 Å². The molecule has 0 aliphatic rings. The van der Waals surface area contributed by atoms with Crippen LogP contribution >= 0.6 is 0 Å². The van der Waals surface area contributed by atoms with Crippen molar-refractivity contribution in [2.45, 2.75) is 48.7 Å². The molecule has 2 N–H and O–H groups in total. The molecular weight excluding hydrogens is 484 g/mol. The Morgan fingerprint density at radius 3 is 0.875 bits per heavy atom. The van der Waals surface area contributed by atoms with Gasteiger partial charge in [-0.05, 0) is 0 Å². The van der Waals surface area contributed by atoms with Gasteiger partial charge in [-0.3, -0.25) is 9.59 Å². The molecule has 182 valence electrons. The molecule has 16 heteroatoms. The van der Waals surface area contributed by atoms with Gasteiger partial charge in [0.1, 0.15) is 0 Å². The summed E-state index contributed by atoms with van der Waals surface area (Å²) >= 11 is 0. The number of benzene rings is 1. The molecular formula is C16H10F12O4. The minimum absolute atomic E-state index is 0.350. The zero-order chi connectivity index (χ0) is 25.6. The summed E-state index contributed by atoms with van der Waals surface area (Å²) in [5.41, 5.74) is -12.8. The molecule has 0 aromatic heterocycles. The molecule has 0 saturated carbocycles. The Hall–Kier alpha value is -2.36. The molecule has 0 saturated heterocycles. The van der Waals surface area contributed by atoms with Crippen LogP contribution in [0, 0.1) is 0 Å². The molecule has 1 aromatic carbocycles. The fourth-order valence-corrected chi connectivity index (χ4v) is 2.23. The van der Waals surface area contributed by atoms with Crippen LogP contribution in [0.1, 0.15) is 33.6 Å².